The van der Waals surface area contributed by atoms with E-state index in [9.17, 15) is 5.11 Å². The molecular formula is C19H25N7O. The first kappa shape index (κ1) is 18.8. The highest BCUT2D eigenvalue weighted by Gasteiger charge is 2.17. The topological polar surface area (TPSA) is 99.1 Å². The van der Waals surface area contributed by atoms with E-state index in [0.29, 0.717) is 41.7 Å². The normalized spacial score (nSPS) is 11.4. The first-order valence-corrected chi connectivity index (χ1v) is 8.77. The van der Waals surface area contributed by atoms with Crippen molar-refractivity contribution in [3.63, 3.8) is 0 Å². The molecule has 0 unspecified atom stereocenters. The Morgan fingerprint density at radius 2 is 1.70 bits per heavy atom. The molecule has 8 heteroatoms. The summed E-state index contributed by atoms with van der Waals surface area (Å²) >= 11 is 0. The van der Waals surface area contributed by atoms with Gasteiger partial charge in [-0.15, -0.1) is 0 Å². The van der Waals surface area contributed by atoms with E-state index in [0.717, 1.165) is 5.56 Å². The van der Waals surface area contributed by atoms with Crippen molar-refractivity contribution in [3.05, 3.63) is 42.2 Å². The number of anilines is 3. The number of fused-ring (bicyclic) bond motifs is 1. The lowest BCUT2D eigenvalue weighted by atomic mass is 10.1. The van der Waals surface area contributed by atoms with E-state index in [4.69, 9.17) is 0 Å². The van der Waals surface area contributed by atoms with Gasteiger partial charge in [0, 0.05) is 27.2 Å². The van der Waals surface area contributed by atoms with Gasteiger partial charge in [-0.3, -0.25) is 0 Å². The molecule has 2 aromatic heterocycles. The Kier molecular flexibility index (Phi) is 5.36. The second kappa shape index (κ2) is 7.71. The summed E-state index contributed by atoms with van der Waals surface area (Å²) in [4.78, 5) is 19.7. The Labute approximate surface area is 158 Å². The summed E-state index contributed by atoms with van der Waals surface area (Å²) in [6.45, 7) is 4.43. The van der Waals surface area contributed by atoms with Gasteiger partial charge in [0.2, 0.25) is 5.95 Å². The molecule has 0 atom stereocenters. The van der Waals surface area contributed by atoms with Crippen molar-refractivity contribution in [2.24, 2.45) is 0 Å². The second-order valence-corrected chi connectivity index (χ2v) is 7.19. The van der Waals surface area contributed by atoms with E-state index in [1.165, 1.54) is 6.33 Å². The van der Waals surface area contributed by atoms with Crippen LogP contribution in [-0.4, -0.2) is 51.3 Å². The molecule has 0 aliphatic carbocycles. The van der Waals surface area contributed by atoms with Gasteiger partial charge in [0.25, 0.3) is 0 Å². The average Bonchev–Trinajstić information content (AvgIpc) is 2.64. The third kappa shape index (κ3) is 4.79. The van der Waals surface area contributed by atoms with Crippen LogP contribution in [0, 0.1) is 0 Å². The summed E-state index contributed by atoms with van der Waals surface area (Å²) in [6.07, 6.45) is 1.47. The molecule has 27 heavy (non-hydrogen) atoms. The van der Waals surface area contributed by atoms with Crippen LogP contribution < -0.4 is 15.5 Å². The molecular weight excluding hydrogens is 342 g/mol. The van der Waals surface area contributed by atoms with Crippen molar-refractivity contribution in [3.8, 4) is 0 Å². The standard InChI is InChI=1S/C19H25N7O/c1-19(2,27)11-21-16-15-14(22-12-23-16)17(25-18(24-15)26(3)4)20-10-13-8-6-5-7-9-13/h5-9,12,27H,10-11H2,1-4H3,(H,20,24,25)(H,21,22,23). The Morgan fingerprint density at radius 3 is 2.37 bits per heavy atom. The zero-order valence-corrected chi connectivity index (χ0v) is 16.1. The predicted octanol–water partition coefficient (Wildman–Crippen LogP) is 2.28. The van der Waals surface area contributed by atoms with Gasteiger partial charge in [-0.1, -0.05) is 30.3 Å². The van der Waals surface area contributed by atoms with E-state index in [-0.39, 0.29) is 0 Å². The van der Waals surface area contributed by atoms with Gasteiger partial charge in [0.15, 0.2) is 11.6 Å². The second-order valence-electron chi connectivity index (χ2n) is 7.19. The van der Waals surface area contributed by atoms with Crippen molar-refractivity contribution >= 4 is 28.6 Å². The fourth-order valence-corrected chi connectivity index (χ4v) is 2.47. The minimum Gasteiger partial charge on any atom is -0.389 e. The smallest absolute Gasteiger partial charge is 0.227 e. The number of aromatic nitrogens is 4. The van der Waals surface area contributed by atoms with E-state index < -0.39 is 5.60 Å². The largest absolute Gasteiger partial charge is 0.389 e. The fourth-order valence-electron chi connectivity index (χ4n) is 2.47. The monoisotopic (exact) mass is 367 g/mol. The molecule has 3 N–H and O–H groups in total. The molecule has 0 bridgehead atoms. The van der Waals surface area contributed by atoms with Crippen LogP contribution >= 0.6 is 0 Å². The molecule has 8 nitrogen and oxygen atoms in total. The van der Waals surface area contributed by atoms with E-state index >= 15 is 0 Å². The van der Waals surface area contributed by atoms with E-state index in [1.807, 2.05) is 37.2 Å². The number of hydrogen-bond donors (Lipinski definition) is 3. The Morgan fingerprint density at radius 1 is 0.963 bits per heavy atom. The third-order valence-electron chi connectivity index (χ3n) is 3.86. The van der Waals surface area contributed by atoms with Crippen LogP contribution in [0.25, 0.3) is 11.0 Å². The molecule has 2 heterocycles. The van der Waals surface area contributed by atoms with Crippen LogP contribution in [0.3, 0.4) is 0 Å². The van der Waals surface area contributed by atoms with Crippen LogP contribution in [0.15, 0.2) is 36.7 Å². The molecule has 0 aliphatic rings. The van der Waals surface area contributed by atoms with Crippen LogP contribution in [-0.2, 0) is 6.54 Å². The fraction of sp³-hybridized carbons (Fsp3) is 0.368. The number of nitrogens with zero attached hydrogens (tertiary/aromatic N) is 5. The van der Waals surface area contributed by atoms with Gasteiger partial charge in [0.05, 0.1) is 5.60 Å². The molecule has 0 saturated carbocycles. The molecule has 1 aromatic carbocycles. The molecule has 0 saturated heterocycles. The molecule has 142 valence electrons. The minimum atomic E-state index is -0.872. The lowest BCUT2D eigenvalue weighted by Gasteiger charge is -2.19. The number of nitrogens with one attached hydrogen (secondary N) is 2. The zero-order chi connectivity index (χ0) is 19.4. The Balaban J connectivity index is 1.98. The van der Waals surface area contributed by atoms with Crippen LogP contribution in [0.1, 0.15) is 19.4 Å². The first-order valence-electron chi connectivity index (χ1n) is 8.77. The molecule has 3 aromatic rings. The van der Waals surface area contributed by atoms with Gasteiger partial charge in [-0.05, 0) is 19.4 Å². The maximum Gasteiger partial charge on any atom is 0.227 e. The summed E-state index contributed by atoms with van der Waals surface area (Å²) in [7, 11) is 3.77. The molecule has 0 radical (unpaired) electrons. The number of benzene rings is 1. The molecule has 0 spiro atoms. The van der Waals surface area contributed by atoms with Crippen molar-refractivity contribution in [1.29, 1.82) is 0 Å². The first-order chi connectivity index (χ1) is 12.8. The molecule has 0 fully saturated rings. The summed E-state index contributed by atoms with van der Waals surface area (Å²) < 4.78 is 0. The van der Waals surface area contributed by atoms with E-state index in [1.54, 1.807) is 13.8 Å². The van der Waals surface area contributed by atoms with Crippen LogP contribution in [0.2, 0.25) is 0 Å². The highest BCUT2D eigenvalue weighted by atomic mass is 16.3. The number of aliphatic hydroxyl groups is 1. The maximum absolute atomic E-state index is 10.00. The van der Waals surface area contributed by atoms with Crippen molar-refractivity contribution in [2.45, 2.75) is 26.0 Å². The highest BCUT2D eigenvalue weighted by molar-refractivity contribution is 5.93. The molecule has 0 amide bonds. The van der Waals surface area contributed by atoms with Gasteiger partial charge in [-0.2, -0.15) is 4.98 Å². The summed E-state index contributed by atoms with van der Waals surface area (Å²) in [5.74, 6) is 1.76. The van der Waals surface area contributed by atoms with E-state index in [2.05, 4.69) is 42.7 Å². The SMILES string of the molecule is CN(C)c1nc(NCc2ccccc2)c2ncnc(NCC(C)(C)O)c2n1. The highest BCUT2D eigenvalue weighted by Crippen LogP contribution is 2.26. The molecule has 0 aliphatic heterocycles. The van der Waals surface area contributed by atoms with Crippen LogP contribution in [0.5, 0.6) is 0 Å². The molecule has 3 rings (SSSR count). The van der Waals surface area contributed by atoms with Crippen molar-refractivity contribution < 1.29 is 5.11 Å². The van der Waals surface area contributed by atoms with Crippen molar-refractivity contribution in [2.75, 3.05) is 36.2 Å². The van der Waals surface area contributed by atoms with Crippen LogP contribution in [0.4, 0.5) is 17.6 Å². The Hall–Kier alpha value is -3.00. The summed E-state index contributed by atoms with van der Waals surface area (Å²) in [5, 5.41) is 16.5. The number of hydrogen-bond acceptors (Lipinski definition) is 8. The van der Waals surface area contributed by atoms with Gasteiger partial charge >= 0.3 is 0 Å². The third-order valence-corrected chi connectivity index (χ3v) is 3.86. The Bertz CT molecular complexity index is 907. The number of rotatable bonds is 7. The summed E-state index contributed by atoms with van der Waals surface area (Å²) in [5.41, 5.74) is 1.51. The average molecular weight is 367 g/mol. The minimum absolute atomic E-state index is 0.340. The van der Waals surface area contributed by atoms with Gasteiger partial charge in [0.1, 0.15) is 17.4 Å². The van der Waals surface area contributed by atoms with Gasteiger partial charge < -0.3 is 20.6 Å². The van der Waals surface area contributed by atoms with Crippen molar-refractivity contribution in [1.82, 2.24) is 19.9 Å². The maximum atomic E-state index is 10.00. The predicted molar refractivity (Wildman–Crippen MR) is 108 cm³/mol. The zero-order valence-electron chi connectivity index (χ0n) is 16.1. The summed E-state index contributed by atoms with van der Waals surface area (Å²) in [6, 6.07) is 10.1. The lowest BCUT2D eigenvalue weighted by molar-refractivity contribution is 0.0944. The van der Waals surface area contributed by atoms with Gasteiger partial charge in [-0.25, -0.2) is 15.0 Å². The quantitative estimate of drug-likeness (QED) is 0.585. The lowest BCUT2D eigenvalue weighted by Crippen LogP contribution is -2.29.